The Morgan fingerprint density at radius 2 is 1.58 bits per heavy atom. The van der Waals surface area contributed by atoms with Gasteiger partial charge >= 0.3 is 0 Å². The number of nitrogens with zero attached hydrogens (tertiary/aromatic N) is 1. The minimum Gasteiger partial charge on any atom is -0.489 e. The highest BCUT2D eigenvalue weighted by molar-refractivity contribution is 5.80. The van der Waals surface area contributed by atoms with Gasteiger partial charge in [-0.15, -0.1) is 0 Å². The summed E-state index contributed by atoms with van der Waals surface area (Å²) < 4.78 is 18.5. The molecule has 0 spiro atoms. The second-order valence-corrected chi connectivity index (χ2v) is 5.22. The summed E-state index contributed by atoms with van der Waals surface area (Å²) in [7, 11) is 0. The van der Waals surface area contributed by atoms with Gasteiger partial charge in [-0.3, -0.25) is 5.43 Å². The van der Waals surface area contributed by atoms with Crippen molar-refractivity contribution in [2.24, 2.45) is 5.10 Å². The molecule has 0 amide bonds. The number of hydrogen-bond acceptors (Lipinski definition) is 3. The predicted octanol–water partition coefficient (Wildman–Crippen LogP) is 4.85. The SMILES string of the molecule is Fc1ccc(COc2ccc(/C=N/Nc3ccccc3)cc2)cc1. The maximum atomic E-state index is 12.8. The highest BCUT2D eigenvalue weighted by Crippen LogP contribution is 2.14. The smallest absolute Gasteiger partial charge is 0.123 e. The maximum Gasteiger partial charge on any atom is 0.123 e. The van der Waals surface area contributed by atoms with Gasteiger partial charge in [-0.25, -0.2) is 4.39 Å². The Balaban J connectivity index is 1.52. The molecule has 0 aliphatic carbocycles. The summed E-state index contributed by atoms with van der Waals surface area (Å²) in [4.78, 5) is 0. The van der Waals surface area contributed by atoms with Crippen molar-refractivity contribution in [3.8, 4) is 5.75 Å². The highest BCUT2D eigenvalue weighted by atomic mass is 19.1. The van der Waals surface area contributed by atoms with Crippen molar-refractivity contribution in [2.45, 2.75) is 6.61 Å². The van der Waals surface area contributed by atoms with Crippen LogP contribution in [0, 0.1) is 5.82 Å². The maximum absolute atomic E-state index is 12.8. The number of benzene rings is 3. The van der Waals surface area contributed by atoms with E-state index in [2.05, 4.69) is 10.5 Å². The molecule has 3 aromatic rings. The molecule has 3 rings (SSSR count). The fourth-order valence-corrected chi connectivity index (χ4v) is 2.09. The van der Waals surface area contributed by atoms with Crippen LogP contribution >= 0.6 is 0 Å². The van der Waals surface area contributed by atoms with Gasteiger partial charge in [-0.1, -0.05) is 30.3 Å². The van der Waals surface area contributed by atoms with Gasteiger partial charge in [-0.05, 0) is 59.7 Å². The van der Waals surface area contributed by atoms with E-state index in [0.29, 0.717) is 6.61 Å². The van der Waals surface area contributed by atoms with Gasteiger partial charge in [0.1, 0.15) is 18.2 Å². The van der Waals surface area contributed by atoms with E-state index in [9.17, 15) is 4.39 Å². The van der Waals surface area contributed by atoms with E-state index in [1.807, 2.05) is 54.6 Å². The van der Waals surface area contributed by atoms with Crippen LogP contribution in [-0.2, 0) is 6.61 Å². The molecule has 0 saturated carbocycles. The predicted molar refractivity (Wildman–Crippen MR) is 94.8 cm³/mol. The second kappa shape index (κ2) is 7.92. The molecule has 0 fully saturated rings. The van der Waals surface area contributed by atoms with Crippen molar-refractivity contribution < 1.29 is 9.13 Å². The summed E-state index contributed by atoms with van der Waals surface area (Å²) in [5.74, 6) is 0.513. The second-order valence-electron chi connectivity index (χ2n) is 5.22. The molecule has 0 bridgehead atoms. The zero-order valence-electron chi connectivity index (χ0n) is 13.0. The number of nitrogens with one attached hydrogen (secondary N) is 1. The molecule has 0 aliphatic heterocycles. The number of rotatable bonds is 6. The monoisotopic (exact) mass is 320 g/mol. The fourth-order valence-electron chi connectivity index (χ4n) is 2.09. The van der Waals surface area contributed by atoms with E-state index in [1.165, 1.54) is 12.1 Å². The third-order valence-corrected chi connectivity index (χ3v) is 3.38. The molecule has 3 nitrogen and oxygen atoms in total. The number of anilines is 1. The minimum absolute atomic E-state index is 0.244. The lowest BCUT2D eigenvalue weighted by Gasteiger charge is -2.06. The summed E-state index contributed by atoms with van der Waals surface area (Å²) in [6, 6.07) is 23.7. The van der Waals surface area contributed by atoms with E-state index < -0.39 is 0 Å². The molecule has 120 valence electrons. The molecule has 24 heavy (non-hydrogen) atoms. The lowest BCUT2D eigenvalue weighted by molar-refractivity contribution is 0.306. The summed E-state index contributed by atoms with van der Waals surface area (Å²) in [6.07, 6.45) is 1.75. The van der Waals surface area contributed by atoms with Crippen LogP contribution in [0.5, 0.6) is 5.75 Å². The molecule has 1 N–H and O–H groups in total. The average molecular weight is 320 g/mol. The molecular formula is C20H17FN2O. The van der Waals surface area contributed by atoms with Gasteiger partial charge in [0.05, 0.1) is 11.9 Å². The fraction of sp³-hybridized carbons (Fsp3) is 0.0500. The first-order valence-electron chi connectivity index (χ1n) is 7.61. The Bertz CT molecular complexity index is 784. The molecule has 0 aromatic heterocycles. The average Bonchev–Trinajstić information content (AvgIpc) is 2.63. The van der Waals surface area contributed by atoms with E-state index in [0.717, 1.165) is 22.6 Å². The summed E-state index contributed by atoms with van der Waals surface area (Å²) in [5.41, 5.74) is 5.79. The van der Waals surface area contributed by atoms with Crippen LogP contribution in [0.2, 0.25) is 0 Å². The number of para-hydroxylation sites is 1. The normalized spacial score (nSPS) is 10.7. The number of halogens is 1. The van der Waals surface area contributed by atoms with Gasteiger partial charge in [0, 0.05) is 0 Å². The topological polar surface area (TPSA) is 33.6 Å². The Morgan fingerprint density at radius 3 is 2.29 bits per heavy atom. The van der Waals surface area contributed by atoms with E-state index >= 15 is 0 Å². The van der Waals surface area contributed by atoms with Crippen LogP contribution in [0.4, 0.5) is 10.1 Å². The Hall–Kier alpha value is -3.14. The molecule has 0 aliphatic rings. The quantitative estimate of drug-likeness (QED) is 0.520. The van der Waals surface area contributed by atoms with Crippen LogP contribution in [0.25, 0.3) is 0 Å². The lowest BCUT2D eigenvalue weighted by atomic mass is 10.2. The standard InChI is InChI=1S/C20H17FN2O/c21-18-10-6-17(7-11-18)15-24-20-12-8-16(9-13-20)14-22-23-19-4-2-1-3-5-19/h1-14,23H,15H2/b22-14+. The summed E-state index contributed by atoms with van der Waals surface area (Å²) in [6.45, 7) is 0.406. The molecular weight excluding hydrogens is 303 g/mol. The molecule has 3 aromatic carbocycles. The van der Waals surface area contributed by atoms with Gasteiger partial charge in [0.25, 0.3) is 0 Å². The molecule has 4 heteroatoms. The first-order valence-corrected chi connectivity index (χ1v) is 7.61. The van der Waals surface area contributed by atoms with Crippen LogP contribution in [0.1, 0.15) is 11.1 Å². The van der Waals surface area contributed by atoms with Crippen LogP contribution < -0.4 is 10.2 Å². The molecule has 0 unspecified atom stereocenters. The zero-order chi connectivity index (χ0) is 16.6. The molecule has 0 radical (unpaired) electrons. The summed E-state index contributed by atoms with van der Waals surface area (Å²) >= 11 is 0. The van der Waals surface area contributed by atoms with Gasteiger partial charge < -0.3 is 4.74 Å². The van der Waals surface area contributed by atoms with Gasteiger partial charge in [0.2, 0.25) is 0 Å². The molecule has 0 saturated heterocycles. The first-order chi connectivity index (χ1) is 11.8. The number of hydrazone groups is 1. The van der Waals surface area contributed by atoms with Gasteiger partial charge in [0.15, 0.2) is 0 Å². The van der Waals surface area contributed by atoms with Crippen molar-refractivity contribution in [1.29, 1.82) is 0 Å². The third-order valence-electron chi connectivity index (χ3n) is 3.38. The van der Waals surface area contributed by atoms with Crippen molar-refractivity contribution in [3.63, 3.8) is 0 Å². The van der Waals surface area contributed by atoms with Crippen molar-refractivity contribution in [2.75, 3.05) is 5.43 Å². The van der Waals surface area contributed by atoms with Crippen LogP contribution in [0.3, 0.4) is 0 Å². The van der Waals surface area contributed by atoms with Crippen LogP contribution in [0.15, 0.2) is 84.0 Å². The molecule has 0 atom stereocenters. The highest BCUT2D eigenvalue weighted by Gasteiger charge is 1.97. The largest absolute Gasteiger partial charge is 0.489 e. The van der Waals surface area contributed by atoms with Crippen molar-refractivity contribution >= 4 is 11.9 Å². The van der Waals surface area contributed by atoms with Crippen LogP contribution in [-0.4, -0.2) is 6.21 Å². The van der Waals surface area contributed by atoms with Crippen molar-refractivity contribution in [1.82, 2.24) is 0 Å². The van der Waals surface area contributed by atoms with E-state index in [1.54, 1.807) is 18.3 Å². The molecule has 0 heterocycles. The third kappa shape index (κ3) is 4.68. The van der Waals surface area contributed by atoms with E-state index in [4.69, 9.17) is 4.74 Å². The number of ether oxygens (including phenoxy) is 1. The van der Waals surface area contributed by atoms with Gasteiger partial charge in [-0.2, -0.15) is 5.10 Å². The Labute approximate surface area is 140 Å². The Morgan fingerprint density at radius 1 is 0.875 bits per heavy atom. The first kappa shape index (κ1) is 15.7. The zero-order valence-corrected chi connectivity index (χ0v) is 13.0. The van der Waals surface area contributed by atoms with E-state index in [-0.39, 0.29) is 5.82 Å². The number of hydrogen-bond donors (Lipinski definition) is 1. The Kier molecular flexibility index (Phi) is 5.20. The summed E-state index contributed by atoms with van der Waals surface area (Å²) in [5, 5.41) is 4.19. The lowest BCUT2D eigenvalue weighted by Crippen LogP contribution is -1.96. The van der Waals surface area contributed by atoms with Crippen molar-refractivity contribution in [3.05, 3.63) is 95.8 Å². The minimum atomic E-state index is -0.244.